The topological polar surface area (TPSA) is 126 Å². The Labute approximate surface area is 256 Å². The molecule has 3 atom stereocenters. The number of unbranched alkanes of at least 4 members (excludes halogenated alkanes) is 1. The summed E-state index contributed by atoms with van der Waals surface area (Å²) in [5.41, 5.74) is -0.876. The van der Waals surface area contributed by atoms with Gasteiger partial charge in [0.15, 0.2) is 4.90 Å². The second-order valence-corrected chi connectivity index (χ2v) is 12.9. The van der Waals surface area contributed by atoms with Crippen LogP contribution in [-0.2, 0) is 16.3 Å². The summed E-state index contributed by atoms with van der Waals surface area (Å²) >= 11 is 0. The molecule has 1 aromatic carbocycles. The van der Waals surface area contributed by atoms with Gasteiger partial charge < -0.3 is 5.11 Å². The van der Waals surface area contributed by atoms with Crippen molar-refractivity contribution in [2.45, 2.75) is 87.7 Å². The Kier molecular flexibility index (Phi) is 9.84. The Morgan fingerprint density at radius 3 is 2.41 bits per heavy atom. The van der Waals surface area contributed by atoms with Gasteiger partial charge in [-0.2, -0.15) is 14.6 Å². The van der Waals surface area contributed by atoms with E-state index in [1.165, 1.54) is 53.1 Å². The molecule has 1 aliphatic carbocycles. The van der Waals surface area contributed by atoms with Crippen LogP contribution in [-0.4, -0.2) is 33.7 Å². The van der Waals surface area contributed by atoms with E-state index in [1.54, 1.807) is 19.9 Å². The highest BCUT2D eigenvalue weighted by Crippen LogP contribution is 2.39. The van der Waals surface area contributed by atoms with E-state index in [4.69, 9.17) is 0 Å². The third kappa shape index (κ3) is 6.22. The van der Waals surface area contributed by atoms with Crippen molar-refractivity contribution in [3.63, 3.8) is 0 Å². The van der Waals surface area contributed by atoms with E-state index >= 15 is 4.39 Å². The fraction of sp³-hybridized carbons (Fsp3) is 0.394. The van der Waals surface area contributed by atoms with E-state index in [9.17, 15) is 28.0 Å². The molecule has 3 aromatic rings. The first-order valence-electron chi connectivity index (χ1n) is 14.7. The maximum Gasteiger partial charge on any atom is 0.277 e. The average Bonchev–Trinajstić information content (AvgIpc) is 2.97. The number of rotatable bonds is 11. The Bertz CT molecular complexity index is 1810. The minimum Gasteiger partial charge on any atom is -0.492 e. The van der Waals surface area contributed by atoms with Gasteiger partial charge in [0.25, 0.3) is 5.56 Å². The predicted octanol–water partition coefficient (Wildman–Crippen LogP) is 6.73. The standard InChI is InChI=1S/C33H36F2N4O4S/c1-5-8-9-29-38-31(40)30(44(42,43)25-14-11-22(12-15-25)26-16-17-28(34)37-21(26)4)32(41)39(29)27(7-3)23-10-13-24(20-36)33(35,19-23)18-6-2/h10-17,19,24,27,40H,5-9,18H2,1-4H3. The lowest BCUT2D eigenvalue weighted by Crippen LogP contribution is -2.36. The second-order valence-electron chi connectivity index (χ2n) is 11.0. The molecule has 11 heteroatoms. The number of allylic oxidation sites excluding steroid dienone is 4. The summed E-state index contributed by atoms with van der Waals surface area (Å²) in [7, 11) is -4.57. The van der Waals surface area contributed by atoms with Crippen LogP contribution in [0.25, 0.3) is 11.1 Å². The lowest BCUT2D eigenvalue weighted by molar-refractivity contribution is 0.175. The molecule has 2 heterocycles. The number of aromatic nitrogens is 3. The molecule has 0 aliphatic heterocycles. The molecule has 0 amide bonds. The SMILES string of the molecule is CCCCc1nc(O)c(S(=O)(=O)c2ccc(-c3ccc(F)nc3C)cc2)c(=O)n1C(CC)C1=CC(F)(CCC)C(C#N)C=C1. The van der Waals surface area contributed by atoms with Crippen LogP contribution in [0.15, 0.2) is 74.8 Å². The number of alkyl halides is 1. The fourth-order valence-corrected chi connectivity index (χ4v) is 7.05. The van der Waals surface area contributed by atoms with E-state index in [0.29, 0.717) is 41.7 Å². The quantitative estimate of drug-likeness (QED) is 0.235. The molecular weight excluding hydrogens is 586 g/mol. The number of nitriles is 1. The van der Waals surface area contributed by atoms with Crippen molar-refractivity contribution in [3.8, 4) is 23.1 Å². The van der Waals surface area contributed by atoms with Crippen LogP contribution in [0.3, 0.4) is 0 Å². The van der Waals surface area contributed by atoms with Gasteiger partial charge in [-0.3, -0.25) is 9.36 Å². The molecule has 4 rings (SSSR count). The third-order valence-corrected chi connectivity index (χ3v) is 9.73. The number of halogens is 2. The van der Waals surface area contributed by atoms with Crippen molar-refractivity contribution in [2.24, 2.45) is 5.92 Å². The highest BCUT2D eigenvalue weighted by atomic mass is 32.2. The van der Waals surface area contributed by atoms with Crippen molar-refractivity contribution in [1.82, 2.24) is 14.5 Å². The maximum absolute atomic E-state index is 16.0. The van der Waals surface area contributed by atoms with Gasteiger partial charge in [-0.1, -0.05) is 57.9 Å². The number of aromatic hydroxyl groups is 1. The van der Waals surface area contributed by atoms with E-state index in [2.05, 4.69) is 9.97 Å². The third-order valence-electron chi connectivity index (χ3n) is 7.94. The zero-order chi connectivity index (χ0) is 32.2. The van der Waals surface area contributed by atoms with Crippen LogP contribution in [0, 0.1) is 30.1 Å². The van der Waals surface area contributed by atoms with Gasteiger partial charge in [0, 0.05) is 17.7 Å². The molecule has 8 nitrogen and oxygen atoms in total. The van der Waals surface area contributed by atoms with Crippen LogP contribution in [0.1, 0.15) is 70.4 Å². The van der Waals surface area contributed by atoms with Crippen LogP contribution in [0.4, 0.5) is 8.78 Å². The summed E-state index contributed by atoms with van der Waals surface area (Å²) < 4.78 is 58.5. The first-order chi connectivity index (χ1) is 20.9. The Balaban J connectivity index is 1.87. The molecule has 0 saturated heterocycles. The van der Waals surface area contributed by atoms with Gasteiger partial charge in [-0.15, -0.1) is 0 Å². The van der Waals surface area contributed by atoms with Crippen LogP contribution in [0.2, 0.25) is 0 Å². The molecular formula is C33H36F2N4O4S. The van der Waals surface area contributed by atoms with Gasteiger partial charge in [-0.25, -0.2) is 17.8 Å². The van der Waals surface area contributed by atoms with Crippen molar-refractivity contribution < 1.29 is 22.3 Å². The van der Waals surface area contributed by atoms with E-state index in [1.807, 2.05) is 19.9 Å². The number of aryl methyl sites for hydroxylation is 2. The van der Waals surface area contributed by atoms with Crippen LogP contribution >= 0.6 is 0 Å². The molecule has 3 unspecified atom stereocenters. The summed E-state index contributed by atoms with van der Waals surface area (Å²) in [6, 6.07) is 9.58. The van der Waals surface area contributed by atoms with Crippen molar-refractivity contribution in [2.75, 3.05) is 0 Å². The zero-order valence-electron chi connectivity index (χ0n) is 25.2. The van der Waals surface area contributed by atoms with Crippen molar-refractivity contribution in [1.29, 1.82) is 5.26 Å². The summed E-state index contributed by atoms with van der Waals surface area (Å²) in [5.74, 6) is -2.35. The maximum atomic E-state index is 16.0. The van der Waals surface area contributed by atoms with Crippen molar-refractivity contribution in [3.05, 3.63) is 88.0 Å². The minimum atomic E-state index is -4.57. The molecule has 232 valence electrons. The largest absolute Gasteiger partial charge is 0.492 e. The molecule has 0 saturated carbocycles. The number of sulfone groups is 1. The average molecular weight is 623 g/mol. The molecule has 0 spiro atoms. The van der Waals surface area contributed by atoms with Gasteiger partial charge in [0.1, 0.15) is 17.4 Å². The smallest absolute Gasteiger partial charge is 0.277 e. The number of hydrogen-bond acceptors (Lipinski definition) is 7. The minimum absolute atomic E-state index is 0.101. The fourth-order valence-electron chi connectivity index (χ4n) is 5.70. The number of nitrogens with zero attached hydrogens (tertiary/aromatic N) is 4. The highest BCUT2D eigenvalue weighted by Gasteiger charge is 2.39. The Morgan fingerprint density at radius 2 is 1.82 bits per heavy atom. The summed E-state index contributed by atoms with van der Waals surface area (Å²) in [5, 5.41) is 20.5. The Hall–Kier alpha value is -4.17. The van der Waals surface area contributed by atoms with Gasteiger partial charge in [0.2, 0.25) is 21.7 Å². The molecule has 1 N–H and O–H groups in total. The van der Waals surface area contributed by atoms with E-state index in [0.717, 1.165) is 6.42 Å². The van der Waals surface area contributed by atoms with Crippen LogP contribution in [0.5, 0.6) is 5.88 Å². The lowest BCUT2D eigenvalue weighted by Gasteiger charge is -2.32. The van der Waals surface area contributed by atoms with Gasteiger partial charge >= 0.3 is 0 Å². The van der Waals surface area contributed by atoms with Gasteiger partial charge in [-0.05, 0) is 67.7 Å². The van der Waals surface area contributed by atoms with E-state index in [-0.39, 0.29) is 23.6 Å². The number of hydrogen-bond donors (Lipinski definition) is 1. The first-order valence-corrected chi connectivity index (χ1v) is 16.2. The summed E-state index contributed by atoms with van der Waals surface area (Å²) in [4.78, 5) is 21.0. The van der Waals surface area contributed by atoms with Crippen LogP contribution < -0.4 is 5.56 Å². The zero-order valence-corrected chi connectivity index (χ0v) is 26.0. The van der Waals surface area contributed by atoms with Crippen molar-refractivity contribution >= 4 is 9.84 Å². The second kappa shape index (κ2) is 13.2. The number of benzene rings is 1. The molecule has 1 aliphatic rings. The Morgan fingerprint density at radius 1 is 1.11 bits per heavy atom. The molecule has 0 bridgehead atoms. The molecule has 0 fully saturated rings. The molecule has 2 aromatic heterocycles. The first kappa shape index (κ1) is 32.7. The molecule has 0 radical (unpaired) electrons. The van der Waals surface area contributed by atoms with E-state index < -0.39 is 49.7 Å². The lowest BCUT2D eigenvalue weighted by atomic mass is 9.79. The summed E-state index contributed by atoms with van der Waals surface area (Å²) in [6.45, 7) is 7.18. The van der Waals surface area contributed by atoms with Gasteiger partial charge in [0.05, 0.1) is 17.0 Å². The number of pyridine rings is 1. The summed E-state index contributed by atoms with van der Waals surface area (Å²) in [6.07, 6.45) is 6.99. The predicted molar refractivity (Wildman–Crippen MR) is 163 cm³/mol. The highest BCUT2D eigenvalue weighted by molar-refractivity contribution is 7.91. The molecule has 44 heavy (non-hydrogen) atoms. The normalized spacial score (nSPS) is 18.9. The monoisotopic (exact) mass is 622 g/mol.